The van der Waals surface area contributed by atoms with Gasteiger partial charge in [0.25, 0.3) is 5.91 Å². The van der Waals surface area contributed by atoms with E-state index in [0.29, 0.717) is 22.8 Å². The minimum absolute atomic E-state index is 0.168. The Kier molecular flexibility index (Phi) is 5.36. The summed E-state index contributed by atoms with van der Waals surface area (Å²) in [6.07, 6.45) is 0.358. The fraction of sp³-hybridized carbons (Fsp3) is 0.208. The van der Waals surface area contributed by atoms with Crippen LogP contribution in [-0.2, 0) is 27.3 Å². The Morgan fingerprint density at radius 3 is 2.72 bits per heavy atom. The van der Waals surface area contributed by atoms with E-state index in [9.17, 15) is 9.59 Å². The number of rotatable bonds is 5. The van der Waals surface area contributed by atoms with Crippen LogP contribution < -0.4 is 14.3 Å². The average Bonchev–Trinajstić information content (AvgIpc) is 3.39. The number of esters is 1. The first-order valence-electron chi connectivity index (χ1n) is 10.2. The van der Waals surface area contributed by atoms with Crippen LogP contribution in [0.5, 0.6) is 11.5 Å². The molecule has 0 N–H and O–H groups in total. The van der Waals surface area contributed by atoms with Crippen molar-refractivity contribution in [3.63, 3.8) is 0 Å². The van der Waals surface area contributed by atoms with Crippen LogP contribution in [0.2, 0.25) is 0 Å². The molecule has 0 aliphatic carbocycles. The largest absolute Gasteiger partial charge is 0.469 e. The van der Waals surface area contributed by atoms with Crippen molar-refractivity contribution in [2.24, 2.45) is 4.99 Å². The van der Waals surface area contributed by atoms with E-state index < -0.39 is 0 Å². The van der Waals surface area contributed by atoms with E-state index in [0.717, 1.165) is 26.6 Å². The molecule has 0 saturated heterocycles. The van der Waals surface area contributed by atoms with Crippen LogP contribution in [0.15, 0.2) is 59.6 Å². The lowest BCUT2D eigenvalue weighted by atomic mass is 10.0. The van der Waals surface area contributed by atoms with Crippen molar-refractivity contribution in [2.45, 2.75) is 19.4 Å². The van der Waals surface area contributed by atoms with Crippen molar-refractivity contribution in [1.82, 2.24) is 4.57 Å². The van der Waals surface area contributed by atoms with Gasteiger partial charge >= 0.3 is 5.97 Å². The summed E-state index contributed by atoms with van der Waals surface area (Å²) >= 11 is 1.38. The molecule has 5 rings (SSSR count). The number of methoxy groups -OCH3 is 1. The average molecular weight is 449 g/mol. The van der Waals surface area contributed by atoms with Crippen LogP contribution in [0.4, 0.5) is 0 Å². The van der Waals surface area contributed by atoms with Crippen LogP contribution >= 0.6 is 11.3 Å². The number of aromatic nitrogens is 1. The summed E-state index contributed by atoms with van der Waals surface area (Å²) in [7, 11) is 1.36. The van der Waals surface area contributed by atoms with Gasteiger partial charge in [-0.15, -0.1) is 0 Å². The second kappa shape index (κ2) is 8.47. The molecule has 0 unspecified atom stereocenters. The van der Waals surface area contributed by atoms with Gasteiger partial charge in [0.2, 0.25) is 6.79 Å². The Hall–Kier alpha value is -3.65. The number of amides is 1. The van der Waals surface area contributed by atoms with Gasteiger partial charge < -0.3 is 18.8 Å². The number of thiazole rings is 1. The molecular formula is C24H20N2O5S. The molecule has 1 amide bonds. The van der Waals surface area contributed by atoms with E-state index in [1.54, 1.807) is 0 Å². The lowest BCUT2D eigenvalue weighted by molar-refractivity contribution is -0.140. The van der Waals surface area contributed by atoms with Gasteiger partial charge in [0, 0.05) is 18.7 Å². The molecule has 0 atom stereocenters. The second-order valence-corrected chi connectivity index (χ2v) is 8.37. The van der Waals surface area contributed by atoms with Crippen LogP contribution in [0.3, 0.4) is 0 Å². The number of fused-ring (bicyclic) bond motifs is 3. The number of hydrogen-bond donors (Lipinski definition) is 0. The van der Waals surface area contributed by atoms with Crippen molar-refractivity contribution < 1.29 is 23.8 Å². The third-order valence-corrected chi connectivity index (χ3v) is 6.43. The first-order chi connectivity index (χ1) is 15.6. The number of carbonyl (C=O) groups excluding carboxylic acids is 2. The third-order valence-electron chi connectivity index (χ3n) is 5.39. The van der Waals surface area contributed by atoms with Crippen molar-refractivity contribution in [1.29, 1.82) is 0 Å². The second-order valence-electron chi connectivity index (χ2n) is 7.36. The van der Waals surface area contributed by atoms with Gasteiger partial charge in [0.05, 0.1) is 30.2 Å². The topological polar surface area (TPSA) is 79.1 Å². The van der Waals surface area contributed by atoms with Gasteiger partial charge in [-0.1, -0.05) is 53.8 Å². The lowest BCUT2D eigenvalue weighted by Crippen LogP contribution is -2.19. The highest BCUT2D eigenvalue weighted by molar-refractivity contribution is 7.16. The minimum atomic E-state index is -0.328. The fourth-order valence-electron chi connectivity index (χ4n) is 3.82. The zero-order valence-electron chi connectivity index (χ0n) is 17.4. The van der Waals surface area contributed by atoms with Gasteiger partial charge in [0.15, 0.2) is 16.3 Å². The summed E-state index contributed by atoms with van der Waals surface area (Å²) in [5, 5.41) is 2.13. The van der Waals surface area contributed by atoms with E-state index in [-0.39, 0.29) is 31.5 Å². The number of nitrogens with zero attached hydrogens (tertiary/aromatic N) is 2. The van der Waals surface area contributed by atoms with Crippen molar-refractivity contribution in [2.75, 3.05) is 13.9 Å². The fourth-order valence-corrected chi connectivity index (χ4v) is 4.91. The zero-order chi connectivity index (χ0) is 22.1. The summed E-state index contributed by atoms with van der Waals surface area (Å²) < 4.78 is 18.5. The lowest BCUT2D eigenvalue weighted by Gasteiger charge is -2.06. The predicted molar refractivity (Wildman–Crippen MR) is 121 cm³/mol. The Balaban J connectivity index is 1.54. The zero-order valence-corrected chi connectivity index (χ0v) is 18.2. The van der Waals surface area contributed by atoms with Crippen LogP contribution in [0.1, 0.15) is 12.0 Å². The van der Waals surface area contributed by atoms with Crippen LogP contribution in [0, 0.1) is 0 Å². The molecule has 4 aromatic rings. The number of benzene rings is 3. The molecule has 3 aromatic carbocycles. The third kappa shape index (κ3) is 3.85. The summed E-state index contributed by atoms with van der Waals surface area (Å²) in [5.41, 5.74) is 1.76. The molecule has 162 valence electrons. The highest BCUT2D eigenvalue weighted by Crippen LogP contribution is 2.37. The Bertz CT molecular complexity index is 1410. The molecule has 0 bridgehead atoms. The van der Waals surface area contributed by atoms with E-state index >= 15 is 0 Å². The summed E-state index contributed by atoms with van der Waals surface area (Å²) in [6.45, 7) is 0.516. The molecule has 1 aliphatic heterocycles. The normalized spacial score (nSPS) is 13.1. The summed E-state index contributed by atoms with van der Waals surface area (Å²) in [6, 6.07) is 17.6. The monoisotopic (exact) mass is 448 g/mol. The molecule has 8 heteroatoms. The smallest absolute Gasteiger partial charge is 0.307 e. The maximum Gasteiger partial charge on any atom is 0.307 e. The highest BCUT2D eigenvalue weighted by atomic mass is 32.1. The summed E-state index contributed by atoms with van der Waals surface area (Å²) in [4.78, 5) is 29.6. The van der Waals surface area contributed by atoms with Gasteiger partial charge in [-0.25, -0.2) is 0 Å². The van der Waals surface area contributed by atoms with Crippen molar-refractivity contribution in [3.8, 4) is 11.5 Å². The first-order valence-corrected chi connectivity index (χ1v) is 11.0. The molecule has 7 nitrogen and oxygen atoms in total. The van der Waals surface area contributed by atoms with Crippen molar-refractivity contribution >= 4 is 44.2 Å². The maximum atomic E-state index is 12.9. The Morgan fingerprint density at radius 2 is 1.88 bits per heavy atom. The van der Waals surface area contributed by atoms with Gasteiger partial charge in [0.1, 0.15) is 0 Å². The molecule has 1 aliphatic rings. The van der Waals surface area contributed by atoms with Gasteiger partial charge in [-0.3, -0.25) is 9.59 Å². The van der Waals surface area contributed by atoms with E-state index in [1.165, 1.54) is 18.4 Å². The van der Waals surface area contributed by atoms with Crippen molar-refractivity contribution in [3.05, 3.63) is 65.0 Å². The maximum absolute atomic E-state index is 12.9. The standard InChI is InChI=1S/C24H20N2O5S/c1-29-23(28)9-10-26-18-12-19-20(31-14-30-19)13-21(18)32-24(26)25-22(27)11-16-7-4-6-15-5-2-3-8-17(15)16/h2-8,12-13H,9-11,14H2,1H3. The first kappa shape index (κ1) is 20.3. The molecule has 0 spiro atoms. The van der Waals surface area contributed by atoms with Crippen LogP contribution in [-0.4, -0.2) is 30.3 Å². The number of ether oxygens (including phenoxy) is 3. The number of aryl methyl sites for hydroxylation is 1. The van der Waals surface area contributed by atoms with E-state index in [1.807, 2.05) is 59.2 Å². The van der Waals surface area contributed by atoms with E-state index in [2.05, 4.69) is 4.99 Å². The van der Waals surface area contributed by atoms with Gasteiger partial charge in [-0.05, 0) is 16.3 Å². The Labute approximate surface area is 187 Å². The molecule has 1 aromatic heterocycles. The quantitative estimate of drug-likeness (QED) is 0.434. The number of carbonyl (C=O) groups is 2. The van der Waals surface area contributed by atoms with Gasteiger partial charge in [-0.2, -0.15) is 4.99 Å². The molecule has 0 radical (unpaired) electrons. The molecule has 0 saturated carbocycles. The van der Waals surface area contributed by atoms with Crippen LogP contribution in [0.25, 0.3) is 21.0 Å². The molecule has 32 heavy (non-hydrogen) atoms. The minimum Gasteiger partial charge on any atom is -0.469 e. The summed E-state index contributed by atoms with van der Waals surface area (Å²) in [5.74, 6) is 0.716. The Morgan fingerprint density at radius 1 is 1.09 bits per heavy atom. The molecule has 2 heterocycles. The molecule has 0 fully saturated rings. The van der Waals surface area contributed by atoms with E-state index in [4.69, 9.17) is 14.2 Å². The molecular weight excluding hydrogens is 428 g/mol. The SMILES string of the molecule is COC(=O)CCn1c(=NC(=O)Cc2cccc3ccccc23)sc2cc3c(cc21)OCO3. The highest BCUT2D eigenvalue weighted by Gasteiger charge is 2.18. The predicted octanol–water partition coefficient (Wildman–Crippen LogP) is 3.82. The number of hydrogen-bond acceptors (Lipinski definition) is 6.